The third-order valence-corrected chi connectivity index (χ3v) is 2.79. The molecule has 0 spiro atoms. The van der Waals surface area contributed by atoms with E-state index in [0.29, 0.717) is 12.5 Å². The monoisotopic (exact) mass is 170 g/mol. The van der Waals surface area contributed by atoms with Crippen LogP contribution in [0.4, 0.5) is 0 Å². The maximum atomic E-state index is 10.6. The summed E-state index contributed by atoms with van der Waals surface area (Å²) in [6.07, 6.45) is 5.17. The second kappa shape index (κ2) is 4.48. The van der Waals surface area contributed by atoms with Gasteiger partial charge in [-0.25, -0.2) is 0 Å². The lowest BCUT2D eigenvalue weighted by Gasteiger charge is -2.27. The number of hydrogen-bond donors (Lipinski definition) is 0. The van der Waals surface area contributed by atoms with Crippen LogP contribution in [0.2, 0.25) is 0 Å². The van der Waals surface area contributed by atoms with Crippen LogP contribution in [-0.2, 0) is 9.53 Å². The molecule has 1 saturated carbocycles. The highest BCUT2D eigenvalue weighted by molar-refractivity contribution is 5.65. The van der Waals surface area contributed by atoms with Gasteiger partial charge in [0.1, 0.15) is 0 Å². The molecule has 2 atom stereocenters. The second-order valence-electron chi connectivity index (χ2n) is 3.82. The molecule has 2 unspecified atom stereocenters. The predicted molar refractivity (Wildman–Crippen MR) is 47.8 cm³/mol. The Kier molecular flexibility index (Phi) is 3.57. The molecular weight excluding hydrogens is 152 g/mol. The first kappa shape index (κ1) is 9.56. The second-order valence-corrected chi connectivity index (χ2v) is 3.82. The van der Waals surface area contributed by atoms with Gasteiger partial charge in [-0.05, 0) is 18.3 Å². The topological polar surface area (TPSA) is 26.3 Å². The Bertz CT molecular complexity index is 154. The first-order valence-electron chi connectivity index (χ1n) is 4.83. The fourth-order valence-corrected chi connectivity index (χ4v) is 1.87. The molecule has 0 amide bonds. The minimum atomic E-state index is -0.146. The van der Waals surface area contributed by atoms with Crippen molar-refractivity contribution >= 4 is 5.97 Å². The van der Waals surface area contributed by atoms with E-state index in [1.807, 2.05) is 0 Å². The highest BCUT2D eigenvalue weighted by Crippen LogP contribution is 2.29. The quantitative estimate of drug-likeness (QED) is 0.595. The van der Waals surface area contributed by atoms with E-state index in [1.54, 1.807) is 0 Å². The van der Waals surface area contributed by atoms with Crippen LogP contribution in [0.3, 0.4) is 0 Å². The van der Waals surface area contributed by atoms with Crippen LogP contribution in [0.15, 0.2) is 0 Å². The van der Waals surface area contributed by atoms with Gasteiger partial charge in [-0.1, -0.05) is 26.2 Å². The molecule has 12 heavy (non-hydrogen) atoms. The fourth-order valence-electron chi connectivity index (χ4n) is 1.87. The minimum absolute atomic E-state index is 0.146. The van der Waals surface area contributed by atoms with Gasteiger partial charge in [-0.3, -0.25) is 4.79 Å². The van der Waals surface area contributed by atoms with Crippen molar-refractivity contribution in [3.63, 3.8) is 0 Å². The van der Waals surface area contributed by atoms with Gasteiger partial charge in [0, 0.05) is 6.92 Å². The number of carbonyl (C=O) groups excluding carboxylic acids is 1. The highest BCUT2D eigenvalue weighted by atomic mass is 16.5. The number of carbonyl (C=O) groups is 1. The average molecular weight is 170 g/mol. The molecule has 2 nitrogen and oxygen atoms in total. The molecular formula is C10H18O2. The van der Waals surface area contributed by atoms with Gasteiger partial charge < -0.3 is 4.74 Å². The normalized spacial score (nSPS) is 29.8. The third kappa shape index (κ3) is 2.84. The van der Waals surface area contributed by atoms with Crippen LogP contribution < -0.4 is 0 Å². The zero-order chi connectivity index (χ0) is 8.97. The van der Waals surface area contributed by atoms with Crippen molar-refractivity contribution in [3.05, 3.63) is 0 Å². The van der Waals surface area contributed by atoms with E-state index in [4.69, 9.17) is 4.74 Å². The van der Waals surface area contributed by atoms with Gasteiger partial charge in [-0.2, -0.15) is 0 Å². The van der Waals surface area contributed by atoms with Gasteiger partial charge in [0.2, 0.25) is 0 Å². The molecule has 0 aromatic heterocycles. The summed E-state index contributed by atoms with van der Waals surface area (Å²) < 4.78 is 5.01. The maximum absolute atomic E-state index is 10.6. The third-order valence-electron chi connectivity index (χ3n) is 2.79. The van der Waals surface area contributed by atoms with Crippen LogP contribution in [0, 0.1) is 11.8 Å². The number of hydrogen-bond acceptors (Lipinski definition) is 2. The zero-order valence-corrected chi connectivity index (χ0v) is 8.01. The van der Waals surface area contributed by atoms with Crippen molar-refractivity contribution in [2.75, 3.05) is 6.61 Å². The molecule has 1 aliphatic carbocycles. The molecule has 0 aromatic rings. The van der Waals surface area contributed by atoms with Crippen molar-refractivity contribution in [1.82, 2.24) is 0 Å². The average Bonchev–Trinajstić information content (AvgIpc) is 2.03. The van der Waals surface area contributed by atoms with E-state index >= 15 is 0 Å². The van der Waals surface area contributed by atoms with Gasteiger partial charge in [0.25, 0.3) is 0 Å². The van der Waals surface area contributed by atoms with E-state index in [0.717, 1.165) is 5.92 Å². The molecule has 0 heterocycles. The van der Waals surface area contributed by atoms with Gasteiger partial charge in [-0.15, -0.1) is 0 Å². The molecule has 70 valence electrons. The predicted octanol–water partition coefficient (Wildman–Crippen LogP) is 2.38. The summed E-state index contributed by atoms with van der Waals surface area (Å²) in [7, 11) is 0. The van der Waals surface area contributed by atoms with Crippen LogP contribution in [0.25, 0.3) is 0 Å². The van der Waals surface area contributed by atoms with Gasteiger partial charge >= 0.3 is 5.97 Å². The summed E-state index contributed by atoms with van der Waals surface area (Å²) in [6, 6.07) is 0. The van der Waals surface area contributed by atoms with Crippen LogP contribution in [0.5, 0.6) is 0 Å². The number of esters is 1. The lowest BCUT2D eigenvalue weighted by molar-refractivity contribution is -0.143. The van der Waals surface area contributed by atoms with Crippen molar-refractivity contribution in [3.8, 4) is 0 Å². The summed E-state index contributed by atoms with van der Waals surface area (Å²) in [6.45, 7) is 4.37. The van der Waals surface area contributed by atoms with Crippen molar-refractivity contribution in [2.45, 2.75) is 39.5 Å². The van der Waals surface area contributed by atoms with E-state index in [2.05, 4.69) is 6.92 Å². The van der Waals surface area contributed by atoms with Crippen molar-refractivity contribution in [2.24, 2.45) is 11.8 Å². The highest BCUT2D eigenvalue weighted by Gasteiger charge is 2.21. The Hall–Kier alpha value is -0.530. The SMILES string of the molecule is CC(=O)OCC1CCCCC1C. The van der Waals surface area contributed by atoms with Gasteiger partial charge in [0.15, 0.2) is 0 Å². The van der Waals surface area contributed by atoms with Crippen LogP contribution >= 0.6 is 0 Å². The number of ether oxygens (including phenoxy) is 1. The Morgan fingerprint density at radius 1 is 1.42 bits per heavy atom. The molecule has 1 fully saturated rings. The molecule has 0 radical (unpaired) electrons. The minimum Gasteiger partial charge on any atom is -0.466 e. The Balaban J connectivity index is 2.24. The smallest absolute Gasteiger partial charge is 0.302 e. The first-order valence-corrected chi connectivity index (χ1v) is 4.83. The molecule has 1 rings (SSSR count). The maximum Gasteiger partial charge on any atom is 0.302 e. The lowest BCUT2D eigenvalue weighted by atomic mass is 9.81. The summed E-state index contributed by atoms with van der Waals surface area (Å²) >= 11 is 0. The lowest BCUT2D eigenvalue weighted by Crippen LogP contribution is -2.22. The zero-order valence-electron chi connectivity index (χ0n) is 8.01. The van der Waals surface area contributed by atoms with Crippen molar-refractivity contribution < 1.29 is 9.53 Å². The largest absolute Gasteiger partial charge is 0.466 e. The van der Waals surface area contributed by atoms with Crippen LogP contribution in [0.1, 0.15) is 39.5 Å². The standard InChI is InChI=1S/C10H18O2/c1-8-5-3-4-6-10(8)7-12-9(2)11/h8,10H,3-7H2,1-2H3. The van der Waals surface area contributed by atoms with Gasteiger partial charge in [0.05, 0.1) is 6.61 Å². The molecule has 0 bridgehead atoms. The molecule has 0 N–H and O–H groups in total. The molecule has 1 aliphatic rings. The van der Waals surface area contributed by atoms with E-state index in [1.165, 1.54) is 32.6 Å². The molecule has 2 heteroatoms. The molecule has 0 saturated heterocycles. The molecule has 0 aromatic carbocycles. The Morgan fingerprint density at radius 2 is 2.08 bits per heavy atom. The summed E-state index contributed by atoms with van der Waals surface area (Å²) in [4.78, 5) is 10.6. The fraction of sp³-hybridized carbons (Fsp3) is 0.900. The van der Waals surface area contributed by atoms with E-state index in [-0.39, 0.29) is 5.97 Å². The number of rotatable bonds is 2. The van der Waals surface area contributed by atoms with Crippen molar-refractivity contribution in [1.29, 1.82) is 0 Å². The summed E-state index contributed by atoms with van der Waals surface area (Å²) in [5, 5.41) is 0. The van der Waals surface area contributed by atoms with E-state index in [9.17, 15) is 4.79 Å². The first-order chi connectivity index (χ1) is 5.70. The Morgan fingerprint density at radius 3 is 2.67 bits per heavy atom. The molecule has 0 aliphatic heterocycles. The van der Waals surface area contributed by atoms with E-state index < -0.39 is 0 Å². The summed E-state index contributed by atoms with van der Waals surface area (Å²) in [5.74, 6) is 1.20. The van der Waals surface area contributed by atoms with Crippen LogP contribution in [-0.4, -0.2) is 12.6 Å². The Labute approximate surface area is 74.3 Å². The summed E-state index contributed by atoms with van der Waals surface area (Å²) in [5.41, 5.74) is 0.